The van der Waals surface area contributed by atoms with E-state index in [1.165, 1.54) is 12.1 Å². The first-order valence-corrected chi connectivity index (χ1v) is 12.5. The van der Waals surface area contributed by atoms with E-state index >= 15 is 0 Å². The molecule has 1 fully saturated rings. The predicted octanol–water partition coefficient (Wildman–Crippen LogP) is 8.49. The molecular formula is C25H16Cl5F3N2O2. The van der Waals surface area contributed by atoms with Gasteiger partial charge < -0.3 is 15.4 Å². The standard InChI is InChI=1S/C25H16Cl5F3N2O2/c26-15-7-13(8-16(27)9-15)21-23(12-36,24(21,29)30)11-34-18-5-6-20(28)19(10-18)22(37)35-17-3-1-14(2-4-17)25(31,32)33/h1-10,12,21,34H,11H2,(H,35,37). The number of anilines is 2. The molecule has 4 rings (SSSR count). The van der Waals surface area contributed by atoms with E-state index in [1.54, 1.807) is 24.3 Å². The van der Waals surface area contributed by atoms with E-state index in [0.29, 0.717) is 27.6 Å². The summed E-state index contributed by atoms with van der Waals surface area (Å²) in [5, 5.41) is 6.42. The number of halogens is 8. The van der Waals surface area contributed by atoms with Gasteiger partial charge in [0.25, 0.3) is 5.91 Å². The zero-order valence-electron chi connectivity index (χ0n) is 18.5. The van der Waals surface area contributed by atoms with Crippen molar-refractivity contribution in [3.05, 3.63) is 92.4 Å². The fraction of sp³-hybridized carbons (Fsp3) is 0.200. The highest BCUT2D eigenvalue weighted by molar-refractivity contribution is 6.54. The number of alkyl halides is 5. The number of carbonyl (C=O) groups excluding carboxylic acids is 2. The summed E-state index contributed by atoms with van der Waals surface area (Å²) in [6.45, 7) is 0.0138. The normalized spacial score (nSPS) is 20.3. The van der Waals surface area contributed by atoms with Gasteiger partial charge in [-0.2, -0.15) is 13.2 Å². The molecule has 12 heteroatoms. The molecule has 1 aliphatic carbocycles. The quantitative estimate of drug-likeness (QED) is 0.208. The summed E-state index contributed by atoms with van der Waals surface area (Å²) in [6, 6.07) is 13.3. The number of benzene rings is 3. The molecule has 1 amide bonds. The number of hydrogen-bond acceptors (Lipinski definition) is 3. The number of nitrogens with one attached hydrogen (secondary N) is 2. The Hall–Kier alpha value is -2.16. The first-order valence-electron chi connectivity index (χ1n) is 10.6. The smallest absolute Gasteiger partial charge is 0.384 e. The maximum absolute atomic E-state index is 12.8. The van der Waals surface area contributed by atoms with Crippen LogP contribution < -0.4 is 10.6 Å². The molecule has 1 aliphatic rings. The lowest BCUT2D eigenvalue weighted by Gasteiger charge is -2.15. The molecule has 194 valence electrons. The predicted molar refractivity (Wildman–Crippen MR) is 141 cm³/mol. The Balaban J connectivity index is 1.50. The molecule has 1 saturated carbocycles. The van der Waals surface area contributed by atoms with Crippen molar-refractivity contribution < 1.29 is 22.8 Å². The van der Waals surface area contributed by atoms with E-state index in [2.05, 4.69) is 10.6 Å². The lowest BCUT2D eigenvalue weighted by molar-refractivity contribution is -0.137. The minimum absolute atomic E-state index is 0.0138. The minimum atomic E-state index is -4.49. The van der Waals surface area contributed by atoms with Crippen LogP contribution in [-0.4, -0.2) is 23.1 Å². The summed E-state index contributed by atoms with van der Waals surface area (Å²) in [4.78, 5) is 24.9. The number of aldehydes is 1. The Labute approximate surface area is 235 Å². The van der Waals surface area contributed by atoms with Gasteiger partial charge in [0.05, 0.1) is 21.6 Å². The van der Waals surface area contributed by atoms with Crippen LogP contribution in [-0.2, 0) is 11.0 Å². The maximum Gasteiger partial charge on any atom is 0.416 e. The van der Waals surface area contributed by atoms with E-state index in [4.69, 9.17) is 58.0 Å². The minimum Gasteiger partial charge on any atom is -0.384 e. The monoisotopic (exact) mass is 608 g/mol. The van der Waals surface area contributed by atoms with Gasteiger partial charge in [0, 0.05) is 33.9 Å². The second kappa shape index (κ2) is 10.2. The van der Waals surface area contributed by atoms with E-state index in [1.807, 2.05) is 0 Å². The van der Waals surface area contributed by atoms with Crippen molar-refractivity contribution in [2.75, 3.05) is 17.2 Å². The van der Waals surface area contributed by atoms with Crippen LogP contribution >= 0.6 is 58.0 Å². The average molecular weight is 611 g/mol. The van der Waals surface area contributed by atoms with Gasteiger partial charge in [-0.15, -0.1) is 0 Å². The fourth-order valence-electron chi connectivity index (χ4n) is 4.13. The molecule has 2 atom stereocenters. The molecule has 3 aromatic rings. The summed E-state index contributed by atoms with van der Waals surface area (Å²) >= 11 is 31.4. The van der Waals surface area contributed by atoms with Crippen molar-refractivity contribution in [2.24, 2.45) is 5.41 Å². The van der Waals surface area contributed by atoms with Crippen molar-refractivity contribution >= 4 is 81.6 Å². The number of carbonyl (C=O) groups is 2. The molecule has 0 spiro atoms. The van der Waals surface area contributed by atoms with Gasteiger partial charge in [0.15, 0.2) is 0 Å². The number of hydrogen-bond donors (Lipinski definition) is 2. The lowest BCUT2D eigenvalue weighted by Crippen LogP contribution is -2.23. The van der Waals surface area contributed by atoms with E-state index in [0.717, 1.165) is 24.3 Å². The van der Waals surface area contributed by atoms with Crippen molar-refractivity contribution in [1.29, 1.82) is 0 Å². The van der Waals surface area contributed by atoms with Crippen LogP contribution in [0.25, 0.3) is 0 Å². The molecule has 0 aromatic heterocycles. The Morgan fingerprint density at radius 2 is 1.51 bits per heavy atom. The first kappa shape index (κ1) is 27.9. The summed E-state index contributed by atoms with van der Waals surface area (Å²) in [6.07, 6.45) is -3.82. The first-order chi connectivity index (χ1) is 17.3. The molecule has 37 heavy (non-hydrogen) atoms. The zero-order chi connectivity index (χ0) is 27.2. The van der Waals surface area contributed by atoms with E-state index in [-0.39, 0.29) is 22.8 Å². The molecule has 0 aliphatic heterocycles. The van der Waals surface area contributed by atoms with Gasteiger partial charge in [-0.3, -0.25) is 4.79 Å². The largest absolute Gasteiger partial charge is 0.416 e. The highest BCUT2D eigenvalue weighted by atomic mass is 35.5. The van der Waals surface area contributed by atoms with E-state index < -0.39 is 33.3 Å². The zero-order valence-corrected chi connectivity index (χ0v) is 22.3. The van der Waals surface area contributed by atoms with Gasteiger partial charge in [0.2, 0.25) is 0 Å². The van der Waals surface area contributed by atoms with Crippen LogP contribution in [0.5, 0.6) is 0 Å². The van der Waals surface area contributed by atoms with Gasteiger partial charge in [-0.25, -0.2) is 0 Å². The molecule has 0 saturated heterocycles. The van der Waals surface area contributed by atoms with Gasteiger partial charge in [-0.1, -0.05) is 58.0 Å². The molecule has 0 radical (unpaired) electrons. The molecular weight excluding hydrogens is 595 g/mol. The van der Waals surface area contributed by atoms with Crippen LogP contribution in [0.4, 0.5) is 24.5 Å². The van der Waals surface area contributed by atoms with Crippen LogP contribution in [0.1, 0.15) is 27.4 Å². The highest BCUT2D eigenvalue weighted by Crippen LogP contribution is 2.73. The molecule has 4 nitrogen and oxygen atoms in total. The Kier molecular flexibility index (Phi) is 7.68. The Bertz CT molecular complexity index is 1350. The topological polar surface area (TPSA) is 58.2 Å². The number of rotatable bonds is 7. The molecule has 0 heterocycles. The second-order valence-electron chi connectivity index (χ2n) is 8.49. The van der Waals surface area contributed by atoms with Crippen LogP contribution in [0.15, 0.2) is 60.7 Å². The summed E-state index contributed by atoms with van der Waals surface area (Å²) < 4.78 is 36.9. The SMILES string of the molecule is O=CC1(CNc2ccc(Cl)c(C(=O)Nc3ccc(C(F)(F)F)cc3)c2)C(c2cc(Cl)cc(Cl)c2)C1(Cl)Cl. The fourth-order valence-corrected chi connectivity index (χ4v) is 5.85. The van der Waals surface area contributed by atoms with Gasteiger partial charge in [0.1, 0.15) is 10.6 Å². The molecule has 2 N–H and O–H groups in total. The summed E-state index contributed by atoms with van der Waals surface area (Å²) in [7, 11) is 0. The molecule has 2 unspecified atom stereocenters. The number of amides is 1. The lowest BCUT2D eigenvalue weighted by atomic mass is 10.00. The van der Waals surface area contributed by atoms with Crippen molar-refractivity contribution in [3.8, 4) is 0 Å². The van der Waals surface area contributed by atoms with Crippen molar-refractivity contribution in [1.82, 2.24) is 0 Å². The highest BCUT2D eigenvalue weighted by Gasteiger charge is 2.76. The van der Waals surface area contributed by atoms with Crippen molar-refractivity contribution in [2.45, 2.75) is 16.4 Å². The third kappa shape index (κ3) is 5.52. The second-order valence-corrected chi connectivity index (χ2v) is 11.2. The average Bonchev–Trinajstić information content (AvgIpc) is 3.32. The molecule has 3 aromatic carbocycles. The van der Waals surface area contributed by atoms with Gasteiger partial charge >= 0.3 is 6.18 Å². The third-order valence-corrected chi connectivity index (χ3v) is 8.02. The third-order valence-electron chi connectivity index (χ3n) is 6.11. The summed E-state index contributed by atoms with van der Waals surface area (Å²) in [5.74, 6) is -1.24. The Morgan fingerprint density at radius 1 is 0.919 bits per heavy atom. The van der Waals surface area contributed by atoms with Crippen LogP contribution in [0, 0.1) is 5.41 Å². The summed E-state index contributed by atoms with van der Waals surface area (Å²) in [5.41, 5.74) is -0.809. The van der Waals surface area contributed by atoms with Gasteiger partial charge in [-0.05, 0) is 66.2 Å². The maximum atomic E-state index is 12.8. The van der Waals surface area contributed by atoms with Crippen LogP contribution in [0.3, 0.4) is 0 Å². The Morgan fingerprint density at radius 3 is 2.08 bits per heavy atom. The van der Waals surface area contributed by atoms with Crippen LogP contribution in [0.2, 0.25) is 15.1 Å². The van der Waals surface area contributed by atoms with Crippen molar-refractivity contribution in [3.63, 3.8) is 0 Å². The molecule has 0 bridgehead atoms. The van der Waals surface area contributed by atoms with E-state index in [9.17, 15) is 22.8 Å².